The predicted molar refractivity (Wildman–Crippen MR) is 125 cm³/mol. The fourth-order valence-corrected chi connectivity index (χ4v) is 4.55. The monoisotopic (exact) mass is 441 g/mol. The molecule has 166 valence electrons. The highest BCUT2D eigenvalue weighted by molar-refractivity contribution is 6.51. The fraction of sp³-hybridized carbons (Fsp3) is 0.185. The number of methoxy groups -OCH3 is 1. The number of hydrogen-bond donors (Lipinski definition) is 1. The van der Waals surface area contributed by atoms with Gasteiger partial charge in [-0.25, -0.2) is 0 Å². The summed E-state index contributed by atoms with van der Waals surface area (Å²) in [6, 6.07) is 19.1. The number of Topliss-reactive ketones (excluding diaryl/α,β-unsaturated/α-hetero) is 1. The normalized spacial score (nSPS) is 18.8. The molecule has 3 aromatic carbocycles. The second-order valence-electron chi connectivity index (χ2n) is 8.17. The number of benzene rings is 3. The van der Waals surface area contributed by atoms with E-state index in [1.807, 2.05) is 49.4 Å². The molecule has 0 saturated carbocycles. The maximum atomic E-state index is 13.3. The predicted octanol–water partition coefficient (Wildman–Crippen LogP) is 4.56. The minimum atomic E-state index is -0.840. The molecule has 1 N–H and O–H groups in total. The summed E-state index contributed by atoms with van der Waals surface area (Å²) < 4.78 is 11.1. The van der Waals surface area contributed by atoms with Crippen molar-refractivity contribution in [1.29, 1.82) is 0 Å². The number of aryl methyl sites for hydroxylation is 1. The Morgan fingerprint density at radius 2 is 1.88 bits per heavy atom. The van der Waals surface area contributed by atoms with Gasteiger partial charge in [-0.3, -0.25) is 14.5 Å². The zero-order chi connectivity index (χ0) is 23.1. The third kappa shape index (κ3) is 3.44. The number of nitrogens with zero attached hydrogens (tertiary/aromatic N) is 1. The number of amides is 1. The standard InChI is InChI=1S/C27H23NO5/c1-16-6-5-7-19(14-16)28-24(20-8-3-4-9-22(20)32-2)23(26(30)27(28)31)25(29)18-10-11-21-17(15-18)12-13-33-21/h3-11,14-15,24,29H,12-13H2,1-2H3/b25-23+. The summed E-state index contributed by atoms with van der Waals surface area (Å²) in [5, 5.41) is 11.4. The number of fused-ring (bicyclic) bond motifs is 1. The van der Waals surface area contributed by atoms with E-state index in [0.717, 1.165) is 23.3 Å². The van der Waals surface area contributed by atoms with Crippen LogP contribution in [0.5, 0.6) is 11.5 Å². The Labute approximate surface area is 191 Å². The van der Waals surface area contributed by atoms with Crippen molar-refractivity contribution in [3.63, 3.8) is 0 Å². The minimum absolute atomic E-state index is 0.0323. The minimum Gasteiger partial charge on any atom is -0.507 e. The van der Waals surface area contributed by atoms with Crippen molar-refractivity contribution in [2.45, 2.75) is 19.4 Å². The van der Waals surface area contributed by atoms with Crippen LogP contribution in [0.25, 0.3) is 5.76 Å². The summed E-state index contributed by atoms with van der Waals surface area (Å²) in [6.07, 6.45) is 0.726. The van der Waals surface area contributed by atoms with E-state index in [1.54, 1.807) is 24.3 Å². The molecule has 0 spiro atoms. The van der Waals surface area contributed by atoms with Crippen molar-refractivity contribution in [3.05, 3.63) is 94.6 Å². The van der Waals surface area contributed by atoms with Gasteiger partial charge in [-0.1, -0.05) is 30.3 Å². The first kappa shape index (κ1) is 20.8. The van der Waals surface area contributed by atoms with E-state index in [9.17, 15) is 14.7 Å². The van der Waals surface area contributed by atoms with Crippen molar-refractivity contribution in [1.82, 2.24) is 0 Å². The number of carbonyl (C=O) groups excluding carboxylic acids is 2. The number of ether oxygens (including phenoxy) is 2. The average Bonchev–Trinajstić information content (AvgIpc) is 3.40. The number of para-hydroxylation sites is 1. The van der Waals surface area contributed by atoms with E-state index in [1.165, 1.54) is 12.0 Å². The van der Waals surface area contributed by atoms with Crippen LogP contribution in [0.4, 0.5) is 5.69 Å². The number of aliphatic hydroxyl groups excluding tert-OH is 1. The second kappa shape index (κ2) is 8.13. The van der Waals surface area contributed by atoms with Crippen LogP contribution in [0.15, 0.2) is 72.3 Å². The van der Waals surface area contributed by atoms with Gasteiger partial charge in [0.05, 0.1) is 25.3 Å². The van der Waals surface area contributed by atoms with Crippen LogP contribution in [0.3, 0.4) is 0 Å². The van der Waals surface area contributed by atoms with E-state index in [-0.39, 0.29) is 11.3 Å². The SMILES string of the molecule is COc1ccccc1C1/C(=C(\O)c2ccc3c(c2)CCO3)C(=O)C(=O)N1c1cccc(C)c1. The molecule has 5 rings (SSSR count). The van der Waals surface area contributed by atoms with Crippen LogP contribution in [0.1, 0.15) is 28.3 Å². The molecule has 1 saturated heterocycles. The number of rotatable bonds is 4. The molecule has 1 fully saturated rings. The van der Waals surface area contributed by atoms with Gasteiger partial charge in [0.2, 0.25) is 0 Å². The smallest absolute Gasteiger partial charge is 0.300 e. The Bertz CT molecular complexity index is 1310. The first-order valence-corrected chi connectivity index (χ1v) is 10.8. The molecular formula is C27H23NO5. The van der Waals surface area contributed by atoms with Crippen molar-refractivity contribution >= 4 is 23.1 Å². The highest BCUT2D eigenvalue weighted by Crippen LogP contribution is 2.45. The van der Waals surface area contributed by atoms with Crippen LogP contribution >= 0.6 is 0 Å². The second-order valence-corrected chi connectivity index (χ2v) is 8.17. The summed E-state index contributed by atoms with van der Waals surface area (Å²) in [5.41, 5.74) is 3.61. The van der Waals surface area contributed by atoms with Gasteiger partial charge in [-0.15, -0.1) is 0 Å². The molecule has 2 aliphatic rings. The number of hydrogen-bond acceptors (Lipinski definition) is 5. The van der Waals surface area contributed by atoms with Gasteiger partial charge in [0.15, 0.2) is 0 Å². The molecule has 0 radical (unpaired) electrons. The van der Waals surface area contributed by atoms with Crippen LogP contribution in [-0.4, -0.2) is 30.5 Å². The van der Waals surface area contributed by atoms with Crippen LogP contribution < -0.4 is 14.4 Å². The van der Waals surface area contributed by atoms with Gasteiger partial charge in [0.25, 0.3) is 11.7 Å². The van der Waals surface area contributed by atoms with Crippen molar-refractivity contribution < 1.29 is 24.2 Å². The van der Waals surface area contributed by atoms with Gasteiger partial charge >= 0.3 is 0 Å². The zero-order valence-corrected chi connectivity index (χ0v) is 18.4. The van der Waals surface area contributed by atoms with Crippen molar-refractivity contribution in [2.75, 3.05) is 18.6 Å². The lowest BCUT2D eigenvalue weighted by molar-refractivity contribution is -0.132. The third-order valence-corrected chi connectivity index (χ3v) is 6.12. The Morgan fingerprint density at radius 1 is 1.06 bits per heavy atom. The van der Waals surface area contributed by atoms with Crippen LogP contribution in [0.2, 0.25) is 0 Å². The lowest BCUT2D eigenvalue weighted by Gasteiger charge is -2.27. The molecule has 1 atom stereocenters. The molecule has 6 heteroatoms. The molecular weight excluding hydrogens is 418 g/mol. The highest BCUT2D eigenvalue weighted by Gasteiger charge is 2.48. The number of anilines is 1. The maximum Gasteiger partial charge on any atom is 0.300 e. The fourth-order valence-electron chi connectivity index (χ4n) is 4.55. The van der Waals surface area contributed by atoms with Gasteiger partial charge < -0.3 is 14.6 Å². The van der Waals surface area contributed by atoms with Gasteiger partial charge in [0, 0.05) is 23.2 Å². The number of carbonyl (C=O) groups is 2. The lowest BCUT2D eigenvalue weighted by Crippen LogP contribution is -2.29. The molecule has 33 heavy (non-hydrogen) atoms. The molecule has 1 amide bonds. The summed E-state index contributed by atoms with van der Waals surface area (Å²) >= 11 is 0. The van der Waals surface area contributed by atoms with E-state index in [0.29, 0.717) is 29.2 Å². The summed E-state index contributed by atoms with van der Waals surface area (Å²) in [7, 11) is 1.54. The van der Waals surface area contributed by atoms with E-state index < -0.39 is 17.7 Å². The largest absolute Gasteiger partial charge is 0.507 e. The summed E-state index contributed by atoms with van der Waals surface area (Å²) in [5.74, 6) is -0.346. The van der Waals surface area contributed by atoms with Gasteiger partial charge in [0.1, 0.15) is 17.3 Å². The molecule has 2 aliphatic heterocycles. The van der Waals surface area contributed by atoms with Gasteiger partial charge in [-0.05, 0) is 54.4 Å². The number of ketones is 1. The van der Waals surface area contributed by atoms with E-state index >= 15 is 0 Å². The molecule has 0 aromatic heterocycles. The Hall–Kier alpha value is -4.06. The molecule has 3 aromatic rings. The van der Waals surface area contributed by atoms with Crippen molar-refractivity contribution in [3.8, 4) is 11.5 Å². The van der Waals surface area contributed by atoms with E-state index in [4.69, 9.17) is 9.47 Å². The molecule has 0 aliphatic carbocycles. The molecule has 1 unspecified atom stereocenters. The Balaban J connectivity index is 1.74. The Morgan fingerprint density at radius 3 is 2.67 bits per heavy atom. The molecule has 2 heterocycles. The highest BCUT2D eigenvalue weighted by atomic mass is 16.5. The van der Waals surface area contributed by atoms with Crippen molar-refractivity contribution in [2.24, 2.45) is 0 Å². The van der Waals surface area contributed by atoms with Gasteiger partial charge in [-0.2, -0.15) is 0 Å². The van der Waals surface area contributed by atoms with E-state index in [2.05, 4.69) is 0 Å². The number of aliphatic hydroxyl groups is 1. The summed E-state index contributed by atoms with van der Waals surface area (Å²) in [6.45, 7) is 2.50. The maximum absolute atomic E-state index is 13.3. The Kier molecular flexibility index (Phi) is 5.13. The lowest BCUT2D eigenvalue weighted by atomic mass is 9.93. The van der Waals surface area contributed by atoms with Crippen LogP contribution in [-0.2, 0) is 16.0 Å². The third-order valence-electron chi connectivity index (χ3n) is 6.12. The zero-order valence-electron chi connectivity index (χ0n) is 18.4. The average molecular weight is 441 g/mol. The molecule has 6 nitrogen and oxygen atoms in total. The summed E-state index contributed by atoms with van der Waals surface area (Å²) in [4.78, 5) is 28.1. The first-order chi connectivity index (χ1) is 16.0. The van der Waals surface area contributed by atoms with Crippen LogP contribution in [0, 0.1) is 6.92 Å². The first-order valence-electron chi connectivity index (χ1n) is 10.8. The topological polar surface area (TPSA) is 76.1 Å². The molecule has 0 bridgehead atoms. The quantitative estimate of drug-likeness (QED) is 0.365.